The molecule has 0 radical (unpaired) electrons. The first-order chi connectivity index (χ1) is 17.3. The van der Waals surface area contributed by atoms with E-state index in [4.69, 9.17) is 19.6 Å². The number of amidine groups is 1. The Morgan fingerprint density at radius 2 is 1.74 bits per heavy atom. The molecule has 0 saturated carbocycles. The number of carbonyl (C=O) groups is 2. The van der Waals surface area contributed by atoms with Crippen LogP contribution >= 0.6 is 17.0 Å². The number of aromatic carboxylic acids is 1. The summed E-state index contributed by atoms with van der Waals surface area (Å²) in [5.41, 5.74) is 0.769. The van der Waals surface area contributed by atoms with Gasteiger partial charge >= 0.3 is 5.97 Å². The van der Waals surface area contributed by atoms with Crippen molar-refractivity contribution in [3.8, 4) is 17.2 Å². The van der Waals surface area contributed by atoms with E-state index in [2.05, 4.69) is 0 Å². The zero-order chi connectivity index (χ0) is 27.7. The molecule has 0 saturated heterocycles. The van der Waals surface area contributed by atoms with Crippen LogP contribution in [0.2, 0.25) is 0 Å². The maximum atomic E-state index is 15.4. The van der Waals surface area contributed by atoms with Crippen LogP contribution < -0.4 is 14.2 Å². The molecule has 0 atom stereocenters. The van der Waals surface area contributed by atoms with Crippen molar-refractivity contribution in [2.24, 2.45) is 0 Å². The number of ketones is 1. The lowest BCUT2D eigenvalue weighted by Gasteiger charge is -2.26. The fourth-order valence-electron chi connectivity index (χ4n) is 4.29. The molecule has 0 amide bonds. The van der Waals surface area contributed by atoms with E-state index in [1.54, 1.807) is 39.8 Å². The minimum Gasteiger partial charge on any atom is -0.490 e. The second-order valence-corrected chi connectivity index (χ2v) is 10.2. The fourth-order valence-corrected chi connectivity index (χ4v) is 4.29. The van der Waals surface area contributed by atoms with E-state index < -0.39 is 23.0 Å². The van der Waals surface area contributed by atoms with Crippen LogP contribution in [0.4, 0.5) is 4.39 Å². The zero-order valence-electron chi connectivity index (χ0n) is 22.9. The number of carbonyl (C=O) groups excluding carboxylic acids is 1. The van der Waals surface area contributed by atoms with Gasteiger partial charge in [-0.25, -0.2) is 9.18 Å². The summed E-state index contributed by atoms with van der Waals surface area (Å²) in [5.74, 6) is -1.99. The Hall–Kier alpha value is -3.14. The number of benzene rings is 2. The molecular weight excluding hydrogens is 559 g/mol. The van der Waals surface area contributed by atoms with Crippen molar-refractivity contribution in [1.29, 1.82) is 5.41 Å². The quantitative estimate of drug-likeness (QED) is 0.324. The van der Waals surface area contributed by atoms with Crippen molar-refractivity contribution >= 4 is 34.6 Å². The fraction of sp³-hybridized carbons (Fsp3) is 0.464. The number of hydrogen-bond acceptors (Lipinski definition) is 6. The van der Waals surface area contributed by atoms with Gasteiger partial charge in [0.25, 0.3) is 0 Å². The summed E-state index contributed by atoms with van der Waals surface area (Å²) in [4.78, 5) is 27.0. The summed E-state index contributed by atoms with van der Waals surface area (Å²) in [6.07, 6.45) is -0.262. The summed E-state index contributed by atoms with van der Waals surface area (Å²) in [6.45, 7) is 13.3. The predicted molar refractivity (Wildman–Crippen MR) is 148 cm³/mol. The van der Waals surface area contributed by atoms with Crippen LogP contribution in [0.15, 0.2) is 18.2 Å². The molecule has 0 bridgehead atoms. The molecule has 1 heterocycles. The van der Waals surface area contributed by atoms with E-state index in [0.29, 0.717) is 17.7 Å². The van der Waals surface area contributed by atoms with Gasteiger partial charge in [0.2, 0.25) is 0 Å². The van der Waals surface area contributed by atoms with Crippen molar-refractivity contribution in [3.63, 3.8) is 0 Å². The molecule has 0 spiro atoms. The lowest BCUT2D eigenvalue weighted by Crippen LogP contribution is -2.31. The van der Waals surface area contributed by atoms with E-state index in [-0.39, 0.29) is 82.6 Å². The number of nitrogens with zero attached hydrogens (tertiary/aromatic N) is 1. The molecule has 38 heavy (non-hydrogen) atoms. The molecular formula is C28H36BrFN2O6. The van der Waals surface area contributed by atoms with Gasteiger partial charge in [0.05, 0.1) is 31.4 Å². The monoisotopic (exact) mass is 594 g/mol. The van der Waals surface area contributed by atoms with Gasteiger partial charge in [-0.3, -0.25) is 10.2 Å². The van der Waals surface area contributed by atoms with Crippen LogP contribution in [0.3, 0.4) is 0 Å². The summed E-state index contributed by atoms with van der Waals surface area (Å²) in [7, 11) is 0. The number of rotatable bonds is 10. The van der Waals surface area contributed by atoms with Gasteiger partial charge in [0, 0.05) is 17.7 Å². The highest BCUT2D eigenvalue weighted by Gasteiger charge is 2.34. The molecule has 1 aliphatic rings. The zero-order valence-corrected chi connectivity index (χ0v) is 24.6. The minimum absolute atomic E-state index is 0. The highest BCUT2D eigenvalue weighted by atomic mass is 79.9. The van der Waals surface area contributed by atoms with Crippen LogP contribution in [0.1, 0.15) is 85.9 Å². The Labute approximate surface area is 233 Å². The Morgan fingerprint density at radius 1 is 1.11 bits per heavy atom. The molecule has 208 valence electrons. The van der Waals surface area contributed by atoms with E-state index >= 15 is 4.39 Å². The standard InChI is InChI=1S/C28H35FN2O6.BrH/c1-8-35-21-12-17-13-31(26(30)22(17)23(29)25(21)36-9-2)14-20(32)16-10-18(27(33)34)24(37-15(3)4)19(11-16)28(5,6)7;/h10-12,15,30H,8-9,13-14H2,1-7H3,(H,33,34);1H. The molecule has 0 aromatic heterocycles. The second kappa shape index (κ2) is 12.1. The van der Waals surface area contributed by atoms with Gasteiger partial charge in [-0.15, -0.1) is 17.0 Å². The molecule has 0 aliphatic carbocycles. The molecule has 1 aliphatic heterocycles. The van der Waals surface area contributed by atoms with Crippen LogP contribution in [-0.4, -0.2) is 53.5 Å². The van der Waals surface area contributed by atoms with E-state index in [0.717, 1.165) is 0 Å². The number of carboxylic acid groups (broad SMARTS) is 1. The molecule has 2 aromatic rings. The lowest BCUT2D eigenvalue weighted by molar-refractivity contribution is 0.0690. The van der Waals surface area contributed by atoms with Gasteiger partial charge in [-0.1, -0.05) is 20.8 Å². The van der Waals surface area contributed by atoms with Crippen molar-refractivity contribution in [2.75, 3.05) is 19.8 Å². The maximum Gasteiger partial charge on any atom is 0.339 e. The van der Waals surface area contributed by atoms with Crippen molar-refractivity contribution in [1.82, 2.24) is 4.90 Å². The smallest absolute Gasteiger partial charge is 0.339 e. The first kappa shape index (κ1) is 31.1. The average Bonchev–Trinajstić information content (AvgIpc) is 3.10. The highest BCUT2D eigenvalue weighted by Crippen LogP contribution is 2.40. The van der Waals surface area contributed by atoms with Crippen LogP contribution in [0, 0.1) is 11.2 Å². The van der Waals surface area contributed by atoms with Crippen molar-refractivity contribution in [2.45, 2.75) is 66.5 Å². The molecule has 0 unspecified atom stereocenters. The summed E-state index contributed by atoms with van der Waals surface area (Å²) >= 11 is 0. The van der Waals surface area contributed by atoms with Crippen molar-refractivity contribution in [3.05, 3.63) is 51.8 Å². The van der Waals surface area contributed by atoms with Crippen LogP contribution in [-0.2, 0) is 12.0 Å². The highest BCUT2D eigenvalue weighted by molar-refractivity contribution is 8.93. The molecule has 3 rings (SSSR count). The molecule has 2 N–H and O–H groups in total. The lowest BCUT2D eigenvalue weighted by atomic mass is 9.83. The van der Waals surface area contributed by atoms with Gasteiger partial charge in [-0.05, 0) is 56.9 Å². The molecule has 0 fully saturated rings. The Balaban J connectivity index is 0.00000507. The number of Topliss-reactive ketones (excluding diaryl/α,β-unsaturated/α-hetero) is 1. The Bertz CT molecular complexity index is 1240. The van der Waals surface area contributed by atoms with Crippen LogP contribution in [0.5, 0.6) is 17.2 Å². The third-order valence-corrected chi connectivity index (χ3v) is 5.91. The van der Waals surface area contributed by atoms with Gasteiger partial charge in [-0.2, -0.15) is 0 Å². The molecule has 8 nitrogen and oxygen atoms in total. The number of ether oxygens (including phenoxy) is 3. The first-order valence-electron chi connectivity index (χ1n) is 12.4. The number of fused-ring (bicyclic) bond motifs is 1. The maximum absolute atomic E-state index is 15.4. The van der Waals surface area contributed by atoms with E-state index in [1.807, 2.05) is 20.8 Å². The van der Waals surface area contributed by atoms with E-state index in [9.17, 15) is 14.7 Å². The van der Waals surface area contributed by atoms with E-state index in [1.165, 1.54) is 11.0 Å². The second-order valence-electron chi connectivity index (χ2n) is 10.2. The van der Waals surface area contributed by atoms with Gasteiger partial charge in [0.15, 0.2) is 23.1 Å². The molecule has 10 heteroatoms. The normalized spacial score (nSPS) is 12.8. The van der Waals surface area contributed by atoms with Gasteiger partial charge in [0.1, 0.15) is 17.1 Å². The van der Waals surface area contributed by atoms with Gasteiger partial charge < -0.3 is 24.2 Å². The van der Waals surface area contributed by atoms with Crippen molar-refractivity contribution < 1.29 is 33.3 Å². The predicted octanol–water partition coefficient (Wildman–Crippen LogP) is 6.01. The topological polar surface area (TPSA) is 109 Å². The number of halogens is 2. The summed E-state index contributed by atoms with van der Waals surface area (Å²) in [5, 5.41) is 18.5. The number of carboxylic acids is 1. The summed E-state index contributed by atoms with van der Waals surface area (Å²) in [6, 6.07) is 4.61. The summed E-state index contributed by atoms with van der Waals surface area (Å²) < 4.78 is 32.2. The Kier molecular flexibility index (Phi) is 9.94. The SMILES string of the molecule is Br.CCOc1cc2c(c(F)c1OCC)C(=N)N(CC(=O)c1cc(C(=O)O)c(OC(C)C)c(C(C)(C)C)c1)C2. The third kappa shape index (κ3) is 6.28. The number of nitrogens with one attached hydrogen (secondary N) is 1. The average molecular weight is 596 g/mol. The van der Waals surface area contributed by atoms with Crippen LogP contribution in [0.25, 0.3) is 0 Å². The largest absolute Gasteiger partial charge is 0.490 e. The molecule has 2 aromatic carbocycles. The number of hydrogen-bond donors (Lipinski definition) is 2. The third-order valence-electron chi connectivity index (χ3n) is 5.91. The first-order valence-corrected chi connectivity index (χ1v) is 12.4. The Morgan fingerprint density at radius 3 is 2.26 bits per heavy atom. The minimum atomic E-state index is -1.20.